The largest absolute Gasteiger partial charge is 0.493 e. The molecule has 20 heavy (non-hydrogen) atoms. The fraction of sp³-hybridized carbons (Fsp3) is 0.429. The van der Waals surface area contributed by atoms with Gasteiger partial charge in [-0.25, -0.2) is 0 Å². The number of aryl methyl sites for hydroxylation is 1. The van der Waals surface area contributed by atoms with E-state index in [9.17, 15) is 0 Å². The molecule has 0 saturated heterocycles. The van der Waals surface area contributed by atoms with Crippen molar-refractivity contribution < 1.29 is 4.74 Å². The maximum absolute atomic E-state index is 6.03. The Hall–Kier alpha value is -1.59. The summed E-state index contributed by atoms with van der Waals surface area (Å²) in [5.74, 6) is 0.881. The summed E-state index contributed by atoms with van der Waals surface area (Å²) in [5, 5.41) is 12.3. The molecule has 6 heteroatoms. The molecule has 1 N–H and O–H groups in total. The van der Waals surface area contributed by atoms with Crippen LogP contribution in [0.15, 0.2) is 24.4 Å². The number of aromatic nitrogens is 3. The Kier molecular flexibility index (Phi) is 3.89. The van der Waals surface area contributed by atoms with Gasteiger partial charge in [-0.1, -0.05) is 22.9 Å². The molecule has 1 atom stereocenters. The van der Waals surface area contributed by atoms with E-state index in [2.05, 4.69) is 15.6 Å². The van der Waals surface area contributed by atoms with E-state index in [1.165, 1.54) is 0 Å². The lowest BCUT2D eigenvalue weighted by atomic mass is 10.0. The maximum atomic E-state index is 6.03. The van der Waals surface area contributed by atoms with Gasteiger partial charge in [0.25, 0.3) is 0 Å². The molecule has 0 aliphatic carbocycles. The van der Waals surface area contributed by atoms with Gasteiger partial charge in [-0.3, -0.25) is 4.68 Å². The third-order valence-corrected chi connectivity index (χ3v) is 3.66. The number of fused-ring (bicyclic) bond motifs is 1. The Morgan fingerprint density at radius 1 is 1.50 bits per heavy atom. The van der Waals surface area contributed by atoms with Gasteiger partial charge < -0.3 is 10.1 Å². The molecule has 0 saturated carbocycles. The highest BCUT2D eigenvalue weighted by Crippen LogP contribution is 2.33. The van der Waals surface area contributed by atoms with Crippen molar-refractivity contribution in [2.24, 2.45) is 7.05 Å². The zero-order valence-corrected chi connectivity index (χ0v) is 12.1. The van der Waals surface area contributed by atoms with E-state index >= 15 is 0 Å². The summed E-state index contributed by atoms with van der Waals surface area (Å²) >= 11 is 6.03. The first kappa shape index (κ1) is 13.4. The Morgan fingerprint density at radius 3 is 3.20 bits per heavy atom. The van der Waals surface area contributed by atoms with Crippen LogP contribution < -0.4 is 10.1 Å². The molecule has 0 amide bonds. The molecule has 0 spiro atoms. The van der Waals surface area contributed by atoms with Crippen LogP contribution in [0.5, 0.6) is 5.75 Å². The Balaban J connectivity index is 1.76. The minimum atomic E-state index is 0.256. The minimum Gasteiger partial charge on any atom is -0.493 e. The third-order valence-electron chi connectivity index (χ3n) is 3.43. The first-order chi connectivity index (χ1) is 9.72. The molecular formula is C14H17ClN4O. The molecule has 5 nitrogen and oxygen atoms in total. The molecule has 0 bridgehead atoms. The summed E-state index contributed by atoms with van der Waals surface area (Å²) in [6.45, 7) is 1.43. The van der Waals surface area contributed by atoms with Crippen molar-refractivity contribution in [2.45, 2.75) is 25.4 Å². The number of nitrogens with one attached hydrogen (secondary N) is 1. The van der Waals surface area contributed by atoms with Crippen molar-refractivity contribution in [1.82, 2.24) is 20.3 Å². The maximum Gasteiger partial charge on any atom is 0.125 e. The highest BCUT2D eigenvalue weighted by Gasteiger charge is 2.19. The Morgan fingerprint density at radius 2 is 2.40 bits per heavy atom. The van der Waals surface area contributed by atoms with Gasteiger partial charge in [0.05, 0.1) is 12.3 Å². The monoisotopic (exact) mass is 292 g/mol. The lowest BCUT2D eigenvalue weighted by Crippen LogP contribution is -2.20. The van der Waals surface area contributed by atoms with Crippen LogP contribution in [0.3, 0.4) is 0 Å². The van der Waals surface area contributed by atoms with E-state index in [0.717, 1.165) is 36.5 Å². The smallest absolute Gasteiger partial charge is 0.125 e. The summed E-state index contributed by atoms with van der Waals surface area (Å²) in [4.78, 5) is 0. The molecule has 106 valence electrons. The van der Waals surface area contributed by atoms with Crippen LogP contribution >= 0.6 is 11.6 Å². The van der Waals surface area contributed by atoms with E-state index < -0.39 is 0 Å². The second-order valence-corrected chi connectivity index (χ2v) is 5.43. The topological polar surface area (TPSA) is 52.0 Å². The van der Waals surface area contributed by atoms with E-state index in [4.69, 9.17) is 16.3 Å². The van der Waals surface area contributed by atoms with Crippen molar-refractivity contribution in [3.63, 3.8) is 0 Å². The lowest BCUT2D eigenvalue weighted by molar-refractivity contribution is 0.315. The van der Waals surface area contributed by atoms with Gasteiger partial charge in [-0.05, 0) is 25.0 Å². The number of ether oxygens (including phenoxy) is 1. The van der Waals surface area contributed by atoms with Crippen LogP contribution in [0.2, 0.25) is 5.02 Å². The highest BCUT2D eigenvalue weighted by atomic mass is 35.5. The molecule has 1 unspecified atom stereocenters. The van der Waals surface area contributed by atoms with Gasteiger partial charge in [0.1, 0.15) is 5.75 Å². The van der Waals surface area contributed by atoms with E-state index in [1.807, 2.05) is 31.4 Å². The molecular weight excluding hydrogens is 276 g/mol. The van der Waals surface area contributed by atoms with Gasteiger partial charge in [-0.15, -0.1) is 5.10 Å². The number of hydrogen-bond donors (Lipinski definition) is 1. The number of rotatable bonds is 3. The molecule has 2 aromatic rings. The average molecular weight is 293 g/mol. The minimum absolute atomic E-state index is 0.256. The standard InChI is InChI=1S/C14H17ClN4O/c1-19-9-11(17-18-19)8-16-13-3-2-6-20-14-7-10(15)4-5-12(13)14/h4-5,7,9,13,16H,2-3,6,8H2,1H3. The molecule has 2 heterocycles. The summed E-state index contributed by atoms with van der Waals surface area (Å²) in [6, 6.07) is 6.09. The van der Waals surface area contributed by atoms with Crippen LogP contribution in [-0.4, -0.2) is 21.6 Å². The van der Waals surface area contributed by atoms with Gasteiger partial charge in [0, 0.05) is 36.4 Å². The Bertz CT molecular complexity index is 599. The van der Waals surface area contributed by atoms with Crippen LogP contribution in [0.25, 0.3) is 0 Å². The van der Waals surface area contributed by atoms with Gasteiger partial charge in [0.2, 0.25) is 0 Å². The zero-order valence-electron chi connectivity index (χ0n) is 11.3. The molecule has 1 aliphatic rings. The molecule has 0 fully saturated rings. The molecule has 1 aromatic heterocycles. The van der Waals surface area contributed by atoms with Gasteiger partial charge in [0.15, 0.2) is 0 Å². The average Bonchev–Trinajstić information content (AvgIpc) is 2.74. The van der Waals surface area contributed by atoms with Crippen molar-refractivity contribution >= 4 is 11.6 Å². The van der Waals surface area contributed by atoms with Crippen molar-refractivity contribution in [3.05, 3.63) is 40.7 Å². The fourth-order valence-corrected chi connectivity index (χ4v) is 2.62. The SMILES string of the molecule is Cn1cc(CNC2CCCOc3cc(Cl)ccc32)nn1. The van der Waals surface area contributed by atoms with Crippen molar-refractivity contribution in [1.29, 1.82) is 0 Å². The summed E-state index contributed by atoms with van der Waals surface area (Å²) in [5.41, 5.74) is 2.10. The number of hydrogen-bond acceptors (Lipinski definition) is 4. The zero-order chi connectivity index (χ0) is 13.9. The van der Waals surface area contributed by atoms with Crippen LogP contribution in [-0.2, 0) is 13.6 Å². The highest BCUT2D eigenvalue weighted by molar-refractivity contribution is 6.30. The summed E-state index contributed by atoms with van der Waals surface area (Å²) < 4.78 is 7.47. The van der Waals surface area contributed by atoms with Crippen LogP contribution in [0.1, 0.15) is 30.1 Å². The molecule has 0 radical (unpaired) electrons. The first-order valence-electron chi connectivity index (χ1n) is 6.73. The van der Waals surface area contributed by atoms with Crippen molar-refractivity contribution in [3.8, 4) is 5.75 Å². The predicted octanol–water partition coefficient (Wildman–Crippen LogP) is 2.47. The van der Waals surface area contributed by atoms with Crippen LogP contribution in [0, 0.1) is 0 Å². The number of benzene rings is 1. The van der Waals surface area contributed by atoms with E-state index in [-0.39, 0.29) is 6.04 Å². The van der Waals surface area contributed by atoms with Crippen molar-refractivity contribution in [2.75, 3.05) is 6.61 Å². The number of halogens is 1. The summed E-state index contributed by atoms with van der Waals surface area (Å²) in [7, 11) is 1.87. The lowest BCUT2D eigenvalue weighted by Gasteiger charge is -2.17. The van der Waals surface area contributed by atoms with E-state index in [0.29, 0.717) is 11.6 Å². The van der Waals surface area contributed by atoms with E-state index in [1.54, 1.807) is 4.68 Å². The molecule has 3 rings (SSSR count). The fourth-order valence-electron chi connectivity index (χ4n) is 2.46. The number of nitrogens with zero attached hydrogens (tertiary/aromatic N) is 3. The van der Waals surface area contributed by atoms with Gasteiger partial charge >= 0.3 is 0 Å². The normalized spacial score (nSPS) is 18.2. The predicted molar refractivity (Wildman–Crippen MR) is 76.8 cm³/mol. The summed E-state index contributed by atoms with van der Waals surface area (Å²) in [6.07, 6.45) is 3.97. The van der Waals surface area contributed by atoms with Gasteiger partial charge in [-0.2, -0.15) is 0 Å². The second-order valence-electron chi connectivity index (χ2n) is 4.99. The Labute approximate surface area is 122 Å². The molecule has 1 aliphatic heterocycles. The first-order valence-corrected chi connectivity index (χ1v) is 7.11. The quantitative estimate of drug-likeness (QED) is 0.944. The van der Waals surface area contributed by atoms with Crippen LogP contribution in [0.4, 0.5) is 0 Å². The molecule has 1 aromatic carbocycles. The second kappa shape index (κ2) is 5.81. The third kappa shape index (κ3) is 2.94.